The zero-order valence-electron chi connectivity index (χ0n) is 13.7. The number of hydrogen-bond acceptors (Lipinski definition) is 6. The Kier molecular flexibility index (Phi) is 5.48. The molecule has 134 valence electrons. The first-order valence-electron chi connectivity index (χ1n) is 6.95. The Morgan fingerprint density at radius 3 is 2.36 bits per heavy atom. The molecule has 0 saturated carbocycles. The highest BCUT2D eigenvalue weighted by Gasteiger charge is 2.23. The van der Waals surface area contributed by atoms with E-state index in [0.717, 1.165) is 25.3 Å². The number of carbonyl (C=O) groups is 1. The monoisotopic (exact) mass is 369 g/mol. The maximum atomic E-state index is 14.0. The van der Waals surface area contributed by atoms with Crippen LogP contribution in [0.15, 0.2) is 41.3 Å². The van der Waals surface area contributed by atoms with Crippen molar-refractivity contribution >= 4 is 21.7 Å². The normalized spacial score (nSPS) is 10.9. The molecule has 0 aliphatic carbocycles. The summed E-state index contributed by atoms with van der Waals surface area (Å²) in [6, 6.07) is 7.37. The fourth-order valence-electron chi connectivity index (χ4n) is 2.05. The number of rotatable bonds is 6. The molecule has 0 bridgehead atoms. The molecule has 7 nitrogen and oxygen atoms in total. The summed E-state index contributed by atoms with van der Waals surface area (Å²) >= 11 is 0. The number of carbonyl (C=O) groups excluding carboxylic acids is 1. The summed E-state index contributed by atoms with van der Waals surface area (Å²) in [4.78, 5) is 10.9. The van der Waals surface area contributed by atoms with Crippen molar-refractivity contribution in [1.82, 2.24) is 0 Å². The highest BCUT2D eigenvalue weighted by Crippen LogP contribution is 2.31. The van der Waals surface area contributed by atoms with E-state index < -0.39 is 26.7 Å². The Bertz CT molecular complexity index is 897. The predicted octanol–water partition coefficient (Wildman–Crippen LogP) is 2.43. The van der Waals surface area contributed by atoms with Gasteiger partial charge in [0, 0.05) is 6.07 Å². The first-order chi connectivity index (χ1) is 11.8. The Labute approximate surface area is 144 Å². The van der Waals surface area contributed by atoms with Gasteiger partial charge >= 0.3 is 5.97 Å². The second-order valence-corrected chi connectivity index (χ2v) is 6.46. The van der Waals surface area contributed by atoms with Crippen LogP contribution >= 0.6 is 0 Å². The number of sulfonamides is 1. The smallest absolute Gasteiger partial charge is 0.337 e. The molecule has 0 aliphatic heterocycles. The van der Waals surface area contributed by atoms with E-state index >= 15 is 0 Å². The average Bonchev–Trinajstić information content (AvgIpc) is 2.60. The summed E-state index contributed by atoms with van der Waals surface area (Å²) in [6.45, 7) is 0. The van der Waals surface area contributed by atoms with Gasteiger partial charge in [-0.2, -0.15) is 0 Å². The number of anilines is 1. The van der Waals surface area contributed by atoms with Gasteiger partial charge in [0.05, 0.1) is 32.6 Å². The second-order valence-electron chi connectivity index (χ2n) is 4.81. The number of halogens is 1. The molecule has 2 aromatic carbocycles. The molecule has 0 spiro atoms. The first-order valence-corrected chi connectivity index (χ1v) is 8.43. The molecule has 2 aromatic rings. The van der Waals surface area contributed by atoms with Gasteiger partial charge in [0.25, 0.3) is 10.0 Å². The molecule has 0 saturated heterocycles. The van der Waals surface area contributed by atoms with E-state index in [1.54, 1.807) is 6.07 Å². The van der Waals surface area contributed by atoms with Crippen LogP contribution in [0.4, 0.5) is 10.1 Å². The SMILES string of the molecule is COC(=O)c1ccc(F)c(S(=O)(=O)Nc2cc(OC)ccc2OC)c1. The molecule has 0 aliphatic rings. The minimum absolute atomic E-state index is 0.0599. The lowest BCUT2D eigenvalue weighted by molar-refractivity contribution is 0.0600. The van der Waals surface area contributed by atoms with Crippen LogP contribution < -0.4 is 14.2 Å². The van der Waals surface area contributed by atoms with Gasteiger partial charge in [-0.15, -0.1) is 0 Å². The minimum Gasteiger partial charge on any atom is -0.497 e. The van der Waals surface area contributed by atoms with Crippen LogP contribution in [0.1, 0.15) is 10.4 Å². The van der Waals surface area contributed by atoms with Crippen molar-refractivity contribution in [3.05, 3.63) is 47.8 Å². The van der Waals surface area contributed by atoms with Gasteiger partial charge in [-0.1, -0.05) is 0 Å². The van der Waals surface area contributed by atoms with Gasteiger partial charge in [-0.25, -0.2) is 17.6 Å². The predicted molar refractivity (Wildman–Crippen MR) is 88.1 cm³/mol. The summed E-state index contributed by atoms with van der Waals surface area (Å²) in [6.07, 6.45) is 0. The average molecular weight is 369 g/mol. The molecule has 0 aromatic heterocycles. The van der Waals surface area contributed by atoms with Crippen molar-refractivity contribution in [1.29, 1.82) is 0 Å². The molecule has 0 heterocycles. The number of methoxy groups -OCH3 is 3. The summed E-state index contributed by atoms with van der Waals surface area (Å²) in [7, 11) is -0.421. The minimum atomic E-state index is -4.33. The van der Waals surface area contributed by atoms with E-state index in [4.69, 9.17) is 9.47 Å². The maximum absolute atomic E-state index is 14.0. The third kappa shape index (κ3) is 4.00. The standard InChI is InChI=1S/C16H16FNO6S/c1-22-11-5-7-14(23-2)13(9-11)18-25(20,21)15-8-10(16(19)24-3)4-6-12(15)17/h4-9,18H,1-3H3. The van der Waals surface area contributed by atoms with E-state index in [1.165, 1.54) is 26.4 Å². The molecule has 0 unspecified atom stereocenters. The van der Waals surface area contributed by atoms with Gasteiger partial charge in [0.1, 0.15) is 22.2 Å². The lowest BCUT2D eigenvalue weighted by atomic mass is 10.2. The fourth-order valence-corrected chi connectivity index (χ4v) is 3.21. The van der Waals surface area contributed by atoms with Crippen LogP contribution in [-0.4, -0.2) is 35.7 Å². The molecule has 0 atom stereocenters. The molecule has 0 amide bonds. The Morgan fingerprint density at radius 2 is 1.76 bits per heavy atom. The zero-order valence-corrected chi connectivity index (χ0v) is 14.5. The Balaban J connectivity index is 2.48. The molecule has 2 rings (SSSR count). The molecule has 9 heteroatoms. The van der Waals surface area contributed by atoms with Crippen LogP contribution in [0.25, 0.3) is 0 Å². The highest BCUT2D eigenvalue weighted by atomic mass is 32.2. The van der Waals surface area contributed by atoms with Crippen molar-refractivity contribution in [2.75, 3.05) is 26.1 Å². The van der Waals surface area contributed by atoms with Crippen molar-refractivity contribution in [2.24, 2.45) is 0 Å². The number of hydrogen-bond donors (Lipinski definition) is 1. The van der Waals surface area contributed by atoms with E-state index in [9.17, 15) is 17.6 Å². The number of esters is 1. The molecule has 1 N–H and O–H groups in total. The summed E-state index contributed by atoms with van der Waals surface area (Å²) in [5.41, 5.74) is -0.0356. The van der Waals surface area contributed by atoms with Crippen LogP contribution in [0, 0.1) is 5.82 Å². The molecule has 0 fully saturated rings. The van der Waals surface area contributed by atoms with Gasteiger partial charge in [0.2, 0.25) is 0 Å². The van der Waals surface area contributed by atoms with Crippen molar-refractivity contribution in [3.8, 4) is 11.5 Å². The lowest BCUT2D eigenvalue weighted by Gasteiger charge is -2.14. The highest BCUT2D eigenvalue weighted by molar-refractivity contribution is 7.92. The van der Waals surface area contributed by atoms with Crippen molar-refractivity contribution < 1.29 is 31.8 Å². The third-order valence-electron chi connectivity index (χ3n) is 3.29. The number of benzene rings is 2. The zero-order chi connectivity index (χ0) is 18.6. The summed E-state index contributed by atoms with van der Waals surface area (Å²) in [5, 5.41) is 0. The van der Waals surface area contributed by atoms with E-state index in [0.29, 0.717) is 5.75 Å². The van der Waals surface area contributed by atoms with Crippen molar-refractivity contribution in [3.63, 3.8) is 0 Å². The molecule has 0 radical (unpaired) electrons. The van der Waals surface area contributed by atoms with Gasteiger partial charge in [-0.05, 0) is 30.3 Å². The first kappa shape index (κ1) is 18.5. The van der Waals surface area contributed by atoms with Crippen LogP contribution in [0.5, 0.6) is 11.5 Å². The van der Waals surface area contributed by atoms with E-state index in [1.807, 2.05) is 0 Å². The second kappa shape index (κ2) is 7.39. The lowest BCUT2D eigenvalue weighted by Crippen LogP contribution is -2.16. The molecule has 25 heavy (non-hydrogen) atoms. The van der Waals surface area contributed by atoms with Crippen molar-refractivity contribution in [2.45, 2.75) is 4.90 Å². The summed E-state index contributed by atoms with van der Waals surface area (Å²) in [5.74, 6) is -1.20. The Hall–Kier alpha value is -2.81. The molecular formula is C16H16FNO6S. The quantitative estimate of drug-likeness (QED) is 0.787. The van der Waals surface area contributed by atoms with E-state index in [-0.39, 0.29) is 17.0 Å². The van der Waals surface area contributed by atoms with Crippen LogP contribution in [0.3, 0.4) is 0 Å². The Morgan fingerprint density at radius 1 is 1.04 bits per heavy atom. The largest absolute Gasteiger partial charge is 0.497 e. The topological polar surface area (TPSA) is 90.9 Å². The van der Waals surface area contributed by atoms with Crippen LogP contribution in [-0.2, 0) is 14.8 Å². The maximum Gasteiger partial charge on any atom is 0.337 e. The molecular weight excluding hydrogens is 353 g/mol. The number of ether oxygens (including phenoxy) is 3. The van der Waals surface area contributed by atoms with Gasteiger partial charge in [0.15, 0.2) is 0 Å². The van der Waals surface area contributed by atoms with E-state index in [2.05, 4.69) is 9.46 Å². The van der Waals surface area contributed by atoms with Gasteiger partial charge in [-0.3, -0.25) is 4.72 Å². The summed E-state index contributed by atoms with van der Waals surface area (Å²) < 4.78 is 56.0. The third-order valence-corrected chi connectivity index (χ3v) is 4.67. The van der Waals surface area contributed by atoms with Crippen LogP contribution in [0.2, 0.25) is 0 Å². The number of nitrogens with one attached hydrogen (secondary N) is 1. The van der Waals surface area contributed by atoms with Gasteiger partial charge < -0.3 is 14.2 Å². The fraction of sp³-hybridized carbons (Fsp3) is 0.188.